The van der Waals surface area contributed by atoms with Gasteiger partial charge in [0.1, 0.15) is 10.9 Å². The lowest BCUT2D eigenvalue weighted by atomic mass is 9.99. The molecule has 0 saturated carbocycles. The van der Waals surface area contributed by atoms with Crippen LogP contribution < -0.4 is 0 Å². The molecule has 2 rings (SSSR count). The number of aromatic hydroxyl groups is 1. The number of benzene rings is 1. The summed E-state index contributed by atoms with van der Waals surface area (Å²) in [4.78, 5) is 4.12. The van der Waals surface area contributed by atoms with Crippen molar-refractivity contribution < 1.29 is 5.11 Å². The first-order valence-corrected chi connectivity index (χ1v) is 5.24. The van der Waals surface area contributed by atoms with Crippen LogP contribution in [0.3, 0.4) is 0 Å². The molecule has 0 unspecified atom stereocenters. The van der Waals surface area contributed by atoms with Gasteiger partial charge in [0.05, 0.1) is 0 Å². The third-order valence-corrected chi connectivity index (χ3v) is 2.78. The van der Waals surface area contributed by atoms with Gasteiger partial charge < -0.3 is 5.11 Å². The molecule has 2 nitrogen and oxygen atoms in total. The van der Waals surface area contributed by atoms with Crippen LogP contribution in [0.4, 0.5) is 0 Å². The Morgan fingerprint density at radius 3 is 2.67 bits per heavy atom. The number of nitrogens with zero attached hydrogens (tertiary/aromatic N) is 1. The van der Waals surface area contributed by atoms with E-state index in [1.165, 1.54) is 0 Å². The third-order valence-electron chi connectivity index (χ3n) is 2.48. The van der Waals surface area contributed by atoms with Crippen molar-refractivity contribution in [2.24, 2.45) is 0 Å². The Kier molecular flexibility index (Phi) is 2.53. The highest BCUT2D eigenvalue weighted by atomic mass is 35.5. The van der Waals surface area contributed by atoms with Gasteiger partial charge in [0, 0.05) is 11.6 Å². The summed E-state index contributed by atoms with van der Waals surface area (Å²) in [7, 11) is 0. The molecule has 0 radical (unpaired) electrons. The zero-order valence-electron chi connectivity index (χ0n) is 8.66. The van der Waals surface area contributed by atoms with Gasteiger partial charge in [0.2, 0.25) is 0 Å². The number of hydrogen-bond acceptors (Lipinski definition) is 2. The summed E-state index contributed by atoms with van der Waals surface area (Å²) in [6.45, 7) is 4.22. The normalized spacial score (nSPS) is 11.2. The van der Waals surface area contributed by atoms with Crippen LogP contribution in [0.1, 0.15) is 25.3 Å². The van der Waals surface area contributed by atoms with Gasteiger partial charge in [-0.25, -0.2) is 4.98 Å². The number of phenolic OH excluding ortho intramolecular Hbond substituents is 1. The van der Waals surface area contributed by atoms with E-state index in [4.69, 9.17) is 11.6 Å². The Hall–Kier alpha value is -1.28. The molecule has 2 aromatic rings. The van der Waals surface area contributed by atoms with E-state index in [2.05, 4.69) is 18.8 Å². The molecule has 0 saturated heterocycles. The standard InChI is InChI=1S/C12H12ClNO/c1-7(2)11-6-14-12(13)10-5-8(15)3-4-9(10)11/h3-7,15H,1-2H3. The molecule has 1 N–H and O–H groups in total. The Bertz CT molecular complexity index is 508. The Morgan fingerprint density at radius 1 is 1.27 bits per heavy atom. The first-order valence-electron chi connectivity index (χ1n) is 4.86. The molecule has 0 bridgehead atoms. The van der Waals surface area contributed by atoms with Crippen molar-refractivity contribution in [2.75, 3.05) is 0 Å². The first-order chi connectivity index (χ1) is 7.09. The third kappa shape index (κ3) is 1.77. The summed E-state index contributed by atoms with van der Waals surface area (Å²) < 4.78 is 0. The quantitative estimate of drug-likeness (QED) is 0.745. The fourth-order valence-electron chi connectivity index (χ4n) is 1.68. The molecule has 0 amide bonds. The van der Waals surface area contributed by atoms with Gasteiger partial charge in [0.15, 0.2) is 0 Å². The summed E-state index contributed by atoms with van der Waals surface area (Å²) in [5.74, 6) is 0.605. The summed E-state index contributed by atoms with van der Waals surface area (Å²) in [5, 5.41) is 11.7. The lowest BCUT2D eigenvalue weighted by Crippen LogP contribution is -1.92. The number of rotatable bonds is 1. The van der Waals surface area contributed by atoms with Crippen molar-refractivity contribution in [1.82, 2.24) is 4.98 Å². The fourth-order valence-corrected chi connectivity index (χ4v) is 1.89. The maximum absolute atomic E-state index is 9.40. The van der Waals surface area contributed by atoms with Gasteiger partial charge >= 0.3 is 0 Å². The molecular formula is C12H12ClNO. The van der Waals surface area contributed by atoms with E-state index in [1.807, 2.05) is 6.07 Å². The minimum atomic E-state index is 0.215. The predicted octanol–water partition coefficient (Wildman–Crippen LogP) is 3.72. The second kappa shape index (κ2) is 3.70. The Labute approximate surface area is 93.5 Å². The zero-order chi connectivity index (χ0) is 11.0. The number of pyridine rings is 1. The minimum Gasteiger partial charge on any atom is -0.508 e. The molecule has 0 aliphatic carbocycles. The van der Waals surface area contributed by atoms with Gasteiger partial charge in [-0.1, -0.05) is 31.5 Å². The maximum atomic E-state index is 9.40. The zero-order valence-corrected chi connectivity index (χ0v) is 9.42. The van der Waals surface area contributed by atoms with Crippen LogP contribution in [0.25, 0.3) is 10.8 Å². The van der Waals surface area contributed by atoms with Gasteiger partial charge in [-0.2, -0.15) is 0 Å². The average molecular weight is 222 g/mol. The van der Waals surface area contributed by atoms with Crippen LogP contribution in [0.2, 0.25) is 5.15 Å². The van der Waals surface area contributed by atoms with Crippen molar-refractivity contribution in [2.45, 2.75) is 19.8 Å². The van der Waals surface area contributed by atoms with Crippen molar-refractivity contribution >= 4 is 22.4 Å². The number of aromatic nitrogens is 1. The molecule has 1 heterocycles. The summed E-state index contributed by atoms with van der Waals surface area (Å²) >= 11 is 5.98. The molecule has 15 heavy (non-hydrogen) atoms. The topological polar surface area (TPSA) is 33.1 Å². The number of fused-ring (bicyclic) bond motifs is 1. The van der Waals surface area contributed by atoms with E-state index in [0.29, 0.717) is 11.1 Å². The molecule has 1 aromatic heterocycles. The number of hydrogen-bond donors (Lipinski definition) is 1. The van der Waals surface area contributed by atoms with Gasteiger partial charge in [-0.3, -0.25) is 0 Å². The second-order valence-corrected chi connectivity index (χ2v) is 4.25. The first kappa shape index (κ1) is 10.2. The number of phenols is 1. The Balaban J connectivity index is 2.82. The highest BCUT2D eigenvalue weighted by molar-refractivity contribution is 6.34. The number of halogens is 1. The molecule has 78 valence electrons. The van der Waals surface area contributed by atoms with Crippen molar-refractivity contribution in [1.29, 1.82) is 0 Å². The van der Waals surface area contributed by atoms with Crippen LogP contribution in [0.5, 0.6) is 5.75 Å². The molecular weight excluding hydrogens is 210 g/mol. The van der Waals surface area contributed by atoms with E-state index in [1.54, 1.807) is 18.3 Å². The van der Waals surface area contributed by atoms with E-state index in [0.717, 1.165) is 16.3 Å². The van der Waals surface area contributed by atoms with Crippen LogP contribution in [-0.4, -0.2) is 10.1 Å². The highest BCUT2D eigenvalue weighted by Gasteiger charge is 2.09. The Morgan fingerprint density at radius 2 is 2.00 bits per heavy atom. The van der Waals surface area contributed by atoms with Gasteiger partial charge in [-0.05, 0) is 29.0 Å². The lowest BCUT2D eigenvalue weighted by Gasteiger charge is -2.10. The largest absolute Gasteiger partial charge is 0.508 e. The molecule has 0 atom stereocenters. The maximum Gasteiger partial charge on any atom is 0.136 e. The van der Waals surface area contributed by atoms with E-state index >= 15 is 0 Å². The van der Waals surface area contributed by atoms with Gasteiger partial charge in [0.25, 0.3) is 0 Å². The van der Waals surface area contributed by atoms with Crippen molar-refractivity contribution in [3.8, 4) is 5.75 Å². The fraction of sp³-hybridized carbons (Fsp3) is 0.250. The van der Waals surface area contributed by atoms with E-state index in [-0.39, 0.29) is 5.75 Å². The minimum absolute atomic E-state index is 0.215. The van der Waals surface area contributed by atoms with Crippen molar-refractivity contribution in [3.05, 3.63) is 35.1 Å². The monoisotopic (exact) mass is 221 g/mol. The summed E-state index contributed by atoms with van der Waals surface area (Å²) in [6.07, 6.45) is 1.80. The summed E-state index contributed by atoms with van der Waals surface area (Å²) in [5.41, 5.74) is 1.15. The SMILES string of the molecule is CC(C)c1cnc(Cl)c2cc(O)ccc12. The molecule has 0 fully saturated rings. The lowest BCUT2D eigenvalue weighted by molar-refractivity contribution is 0.476. The van der Waals surface area contributed by atoms with Crippen LogP contribution in [-0.2, 0) is 0 Å². The second-order valence-electron chi connectivity index (χ2n) is 3.89. The highest BCUT2D eigenvalue weighted by Crippen LogP contribution is 2.31. The van der Waals surface area contributed by atoms with Crippen molar-refractivity contribution in [3.63, 3.8) is 0 Å². The molecule has 1 aromatic carbocycles. The molecule has 0 spiro atoms. The van der Waals surface area contributed by atoms with Gasteiger partial charge in [-0.15, -0.1) is 0 Å². The van der Waals surface area contributed by atoms with E-state index < -0.39 is 0 Å². The molecule has 0 aliphatic rings. The predicted molar refractivity (Wildman–Crippen MR) is 62.5 cm³/mol. The molecule has 3 heteroatoms. The van der Waals surface area contributed by atoms with E-state index in [9.17, 15) is 5.11 Å². The average Bonchev–Trinajstić information content (AvgIpc) is 2.19. The molecule has 0 aliphatic heterocycles. The van der Waals surface area contributed by atoms with Crippen LogP contribution in [0.15, 0.2) is 24.4 Å². The van der Waals surface area contributed by atoms with Crippen LogP contribution >= 0.6 is 11.6 Å². The summed E-state index contributed by atoms with van der Waals surface area (Å²) in [6, 6.07) is 5.20. The smallest absolute Gasteiger partial charge is 0.136 e. The van der Waals surface area contributed by atoms with Crippen LogP contribution in [0, 0.1) is 0 Å².